The summed E-state index contributed by atoms with van der Waals surface area (Å²) < 4.78 is 34.3. The Morgan fingerprint density at radius 2 is 1.52 bits per heavy atom. The number of nitrogens with zero attached hydrogens (tertiary/aromatic N) is 2. The molecule has 1 aliphatic rings. The van der Waals surface area contributed by atoms with Crippen LogP contribution >= 0.6 is 0 Å². The zero-order chi connectivity index (χ0) is 23.0. The third-order valence-electron chi connectivity index (χ3n) is 4.14. The molecule has 3 unspecified atom stereocenters. The van der Waals surface area contributed by atoms with Crippen molar-refractivity contribution in [1.82, 2.24) is 9.55 Å². The highest BCUT2D eigenvalue weighted by atomic mass is 16.7. The van der Waals surface area contributed by atoms with Gasteiger partial charge in [0.05, 0.1) is 12.9 Å². The van der Waals surface area contributed by atoms with Crippen molar-refractivity contribution in [2.24, 2.45) is 0 Å². The van der Waals surface area contributed by atoms with Gasteiger partial charge >= 0.3 is 23.9 Å². The van der Waals surface area contributed by atoms with Gasteiger partial charge in [0, 0.05) is 46.6 Å². The van der Waals surface area contributed by atoms with Crippen molar-refractivity contribution in [3.8, 4) is 0 Å². The molecule has 172 valence electrons. The Kier molecular flexibility index (Phi) is 8.94. The Balaban J connectivity index is 2.28. The van der Waals surface area contributed by atoms with Crippen LogP contribution in [0.15, 0.2) is 18.7 Å². The van der Waals surface area contributed by atoms with E-state index >= 15 is 0 Å². The van der Waals surface area contributed by atoms with E-state index in [1.165, 1.54) is 13.8 Å². The monoisotopic (exact) mass is 442 g/mol. The Morgan fingerprint density at radius 1 is 0.903 bits per heavy atom. The number of carbonyl (C=O) groups is 4. The number of hydrogen-bond acceptors (Lipinski definition) is 11. The molecule has 1 aromatic heterocycles. The first kappa shape index (κ1) is 24.3. The second kappa shape index (κ2) is 11.4. The molecule has 0 radical (unpaired) electrons. The van der Waals surface area contributed by atoms with Gasteiger partial charge < -0.3 is 33.0 Å². The average Bonchev–Trinajstić information content (AvgIpc) is 3.17. The summed E-state index contributed by atoms with van der Waals surface area (Å²) in [6.45, 7) is 4.91. The third-order valence-corrected chi connectivity index (χ3v) is 4.14. The number of hydrogen-bond donors (Lipinski definition) is 0. The predicted octanol–water partition coefficient (Wildman–Crippen LogP) is -0.0172. The van der Waals surface area contributed by atoms with Gasteiger partial charge in [-0.1, -0.05) is 0 Å². The Hall–Kier alpha value is -2.99. The lowest BCUT2D eigenvalue weighted by Gasteiger charge is -2.44. The molecule has 31 heavy (non-hydrogen) atoms. The van der Waals surface area contributed by atoms with Crippen LogP contribution in [0.25, 0.3) is 0 Å². The van der Waals surface area contributed by atoms with Gasteiger partial charge in [-0.25, -0.2) is 4.98 Å². The van der Waals surface area contributed by atoms with Crippen molar-refractivity contribution in [3.63, 3.8) is 0 Å². The molecule has 0 saturated carbocycles. The SMILES string of the molecule is CC(=O)OCC1O[C@@H](OCCn2ccnc2)C(OC(C)=O)C(OC(C)=O)[C@@H]1OC(C)=O. The van der Waals surface area contributed by atoms with E-state index in [1.54, 1.807) is 23.3 Å². The molecule has 1 fully saturated rings. The summed E-state index contributed by atoms with van der Waals surface area (Å²) in [7, 11) is 0. The van der Waals surface area contributed by atoms with Gasteiger partial charge in [-0.15, -0.1) is 0 Å². The van der Waals surface area contributed by atoms with Crippen molar-refractivity contribution < 1.29 is 47.6 Å². The van der Waals surface area contributed by atoms with Crippen molar-refractivity contribution in [3.05, 3.63) is 18.7 Å². The molecule has 0 N–H and O–H groups in total. The van der Waals surface area contributed by atoms with Gasteiger partial charge in [-0.3, -0.25) is 19.2 Å². The van der Waals surface area contributed by atoms with Crippen LogP contribution < -0.4 is 0 Å². The van der Waals surface area contributed by atoms with E-state index in [-0.39, 0.29) is 13.2 Å². The summed E-state index contributed by atoms with van der Waals surface area (Å²) in [6.07, 6.45) is -0.994. The van der Waals surface area contributed by atoms with E-state index in [2.05, 4.69) is 4.98 Å². The quantitative estimate of drug-likeness (QED) is 0.376. The fraction of sp³-hybridized carbons (Fsp3) is 0.632. The van der Waals surface area contributed by atoms with Crippen LogP contribution in [0.5, 0.6) is 0 Å². The van der Waals surface area contributed by atoms with E-state index < -0.39 is 54.6 Å². The highest BCUT2D eigenvalue weighted by molar-refractivity contribution is 5.68. The van der Waals surface area contributed by atoms with Crippen molar-refractivity contribution >= 4 is 23.9 Å². The van der Waals surface area contributed by atoms with Gasteiger partial charge in [0.15, 0.2) is 24.6 Å². The van der Waals surface area contributed by atoms with Crippen LogP contribution in [0.1, 0.15) is 27.7 Å². The maximum absolute atomic E-state index is 11.7. The largest absolute Gasteiger partial charge is 0.463 e. The predicted molar refractivity (Wildman–Crippen MR) is 100 cm³/mol. The normalized spacial score (nSPS) is 25.4. The summed E-state index contributed by atoms with van der Waals surface area (Å²) in [6, 6.07) is 0. The third kappa shape index (κ3) is 7.64. The molecule has 0 amide bonds. The molecule has 0 aliphatic carbocycles. The van der Waals surface area contributed by atoms with Crippen molar-refractivity contribution in [1.29, 1.82) is 0 Å². The molecule has 1 saturated heterocycles. The number of ether oxygens (including phenoxy) is 6. The molecule has 1 aliphatic heterocycles. The Bertz CT molecular complexity index is 766. The molecule has 0 bridgehead atoms. The second-order valence-electron chi connectivity index (χ2n) is 6.74. The molecule has 0 aromatic carbocycles. The molecular weight excluding hydrogens is 416 g/mol. The van der Waals surface area contributed by atoms with Crippen LogP contribution in [0, 0.1) is 0 Å². The maximum atomic E-state index is 11.7. The Labute approximate surface area is 178 Å². The number of esters is 4. The number of rotatable bonds is 9. The summed E-state index contributed by atoms with van der Waals surface area (Å²) in [5.74, 6) is -2.67. The van der Waals surface area contributed by atoms with E-state index in [4.69, 9.17) is 28.4 Å². The van der Waals surface area contributed by atoms with Crippen LogP contribution in [0.2, 0.25) is 0 Å². The van der Waals surface area contributed by atoms with E-state index in [0.29, 0.717) is 6.54 Å². The summed E-state index contributed by atoms with van der Waals surface area (Å²) in [4.78, 5) is 50.3. The zero-order valence-corrected chi connectivity index (χ0v) is 17.7. The molecule has 5 atom stereocenters. The lowest BCUT2D eigenvalue weighted by molar-refractivity contribution is -0.308. The number of carbonyl (C=O) groups excluding carboxylic acids is 4. The van der Waals surface area contributed by atoms with E-state index in [9.17, 15) is 19.2 Å². The van der Waals surface area contributed by atoms with Crippen LogP contribution in [0.3, 0.4) is 0 Å². The van der Waals surface area contributed by atoms with Gasteiger partial charge in [0.2, 0.25) is 0 Å². The number of aromatic nitrogens is 2. The molecule has 12 nitrogen and oxygen atoms in total. The topological polar surface area (TPSA) is 141 Å². The first-order valence-electron chi connectivity index (χ1n) is 9.55. The second-order valence-corrected chi connectivity index (χ2v) is 6.74. The summed E-state index contributed by atoms with van der Waals surface area (Å²) in [5.41, 5.74) is 0. The molecule has 0 spiro atoms. The lowest BCUT2D eigenvalue weighted by atomic mass is 9.98. The van der Waals surface area contributed by atoms with E-state index in [1.807, 2.05) is 0 Å². The highest BCUT2D eigenvalue weighted by Gasteiger charge is 2.52. The fourth-order valence-corrected chi connectivity index (χ4v) is 3.02. The van der Waals surface area contributed by atoms with Crippen LogP contribution in [-0.4, -0.2) is 77.3 Å². The summed E-state index contributed by atoms with van der Waals surface area (Å²) >= 11 is 0. The van der Waals surface area contributed by atoms with Gasteiger partial charge in [0.1, 0.15) is 12.7 Å². The molecule has 2 rings (SSSR count). The molecule has 12 heteroatoms. The van der Waals surface area contributed by atoms with Crippen LogP contribution in [-0.2, 0) is 54.1 Å². The van der Waals surface area contributed by atoms with Gasteiger partial charge in [-0.05, 0) is 0 Å². The standard InChI is InChI=1S/C19H26N2O10/c1-11(22)27-9-15-16(28-12(2)23)17(29-13(3)24)18(30-14(4)25)19(31-15)26-8-7-21-6-5-20-10-21/h5-6,10,15-19H,7-9H2,1-4H3/t15?,16-,17?,18?,19-/m1/s1. The first-order chi connectivity index (χ1) is 14.7. The molecule has 2 heterocycles. The minimum Gasteiger partial charge on any atom is -0.463 e. The first-order valence-corrected chi connectivity index (χ1v) is 9.55. The Morgan fingerprint density at radius 3 is 2.06 bits per heavy atom. The highest BCUT2D eigenvalue weighted by Crippen LogP contribution is 2.30. The minimum absolute atomic E-state index is 0.129. The average molecular weight is 442 g/mol. The zero-order valence-electron chi connectivity index (χ0n) is 17.7. The van der Waals surface area contributed by atoms with Gasteiger partial charge in [0.25, 0.3) is 0 Å². The maximum Gasteiger partial charge on any atom is 0.303 e. The lowest BCUT2D eigenvalue weighted by Crippen LogP contribution is -2.63. The number of imidazole rings is 1. The van der Waals surface area contributed by atoms with Crippen molar-refractivity contribution in [2.45, 2.75) is 64.9 Å². The fourth-order valence-electron chi connectivity index (χ4n) is 3.02. The van der Waals surface area contributed by atoms with E-state index in [0.717, 1.165) is 13.8 Å². The minimum atomic E-state index is -1.25. The van der Waals surface area contributed by atoms with Crippen molar-refractivity contribution in [2.75, 3.05) is 13.2 Å². The summed E-state index contributed by atoms with van der Waals surface area (Å²) in [5, 5.41) is 0. The van der Waals surface area contributed by atoms with Crippen LogP contribution in [0.4, 0.5) is 0 Å². The van der Waals surface area contributed by atoms with Gasteiger partial charge in [-0.2, -0.15) is 0 Å². The molecular formula is C19H26N2O10. The molecule has 1 aromatic rings. The smallest absolute Gasteiger partial charge is 0.303 e.